The molecule has 0 unspecified atom stereocenters. The van der Waals surface area contributed by atoms with Gasteiger partial charge in [0, 0.05) is 52.8 Å². The Hall–Kier alpha value is -1.56. The van der Waals surface area contributed by atoms with Crippen LogP contribution < -0.4 is 10.2 Å². The van der Waals surface area contributed by atoms with Crippen LogP contribution in [0.4, 0.5) is 5.82 Å². The quantitative estimate of drug-likeness (QED) is 0.821. The van der Waals surface area contributed by atoms with Crippen molar-refractivity contribution in [2.75, 3.05) is 38.6 Å². The number of likely N-dealkylation sites (tertiary alicyclic amines) is 1. The molecule has 1 atom stereocenters. The van der Waals surface area contributed by atoms with Crippen molar-refractivity contribution in [3.05, 3.63) is 11.3 Å². The molecule has 1 aliphatic rings. The molecule has 0 spiro atoms. The number of nitrogens with zero attached hydrogens (tertiary/aromatic N) is 4. The molecule has 1 aromatic rings. The second-order valence-electron chi connectivity index (χ2n) is 6.58. The van der Waals surface area contributed by atoms with Crippen molar-refractivity contribution in [2.45, 2.75) is 33.2 Å². The summed E-state index contributed by atoms with van der Waals surface area (Å²) in [5.74, 6) is 1.92. The number of aromatic nitrogens is 2. The average molecular weight is 307 g/mol. The molecule has 1 fully saturated rings. The lowest BCUT2D eigenvalue weighted by atomic mass is 10.1. The monoisotopic (exact) mass is 307 g/mol. The number of anilines is 1. The van der Waals surface area contributed by atoms with E-state index in [1.54, 1.807) is 0 Å². The molecule has 2 rings (SSSR count). The van der Waals surface area contributed by atoms with E-state index in [1.807, 2.05) is 30.7 Å². The highest BCUT2D eigenvalue weighted by Crippen LogP contribution is 2.21. The van der Waals surface area contributed by atoms with Crippen molar-refractivity contribution in [1.82, 2.24) is 20.0 Å². The van der Waals surface area contributed by atoms with Gasteiger partial charge in [-0.25, -0.2) is 0 Å². The van der Waals surface area contributed by atoms with Gasteiger partial charge in [0.1, 0.15) is 5.82 Å². The summed E-state index contributed by atoms with van der Waals surface area (Å²) in [5, 5.41) is 8.03. The van der Waals surface area contributed by atoms with Crippen LogP contribution in [-0.4, -0.2) is 54.3 Å². The van der Waals surface area contributed by atoms with E-state index in [0.29, 0.717) is 11.8 Å². The molecule has 1 N–H and O–H groups in total. The lowest BCUT2D eigenvalue weighted by molar-refractivity contribution is -0.128. The Morgan fingerprint density at radius 1 is 1.41 bits per heavy atom. The van der Waals surface area contributed by atoms with Crippen LogP contribution in [0.5, 0.6) is 0 Å². The Bertz CT molecular complexity index is 523. The minimum atomic E-state index is 0.310. The summed E-state index contributed by atoms with van der Waals surface area (Å²) in [6.45, 7) is 7.75. The summed E-state index contributed by atoms with van der Waals surface area (Å²) in [6.07, 6.45) is 1.74. The Balaban J connectivity index is 1.84. The first kappa shape index (κ1) is 16.8. The highest BCUT2D eigenvalue weighted by molar-refractivity contribution is 5.78. The van der Waals surface area contributed by atoms with E-state index < -0.39 is 0 Å². The minimum absolute atomic E-state index is 0.310. The Morgan fingerprint density at radius 3 is 2.73 bits per heavy atom. The van der Waals surface area contributed by atoms with Crippen molar-refractivity contribution in [2.24, 2.45) is 13.0 Å². The van der Waals surface area contributed by atoms with E-state index in [0.717, 1.165) is 50.5 Å². The highest BCUT2D eigenvalue weighted by Gasteiger charge is 2.21. The molecule has 6 nitrogen and oxygen atoms in total. The first-order valence-electron chi connectivity index (χ1n) is 8.08. The number of hydrogen-bond donors (Lipinski definition) is 1. The topological polar surface area (TPSA) is 53.4 Å². The van der Waals surface area contributed by atoms with Gasteiger partial charge in [0.05, 0.1) is 5.69 Å². The van der Waals surface area contributed by atoms with Crippen LogP contribution in [0, 0.1) is 12.8 Å². The predicted molar refractivity (Wildman–Crippen MR) is 89.0 cm³/mol. The summed E-state index contributed by atoms with van der Waals surface area (Å²) < 4.78 is 1.93. The smallest absolute Gasteiger partial charge is 0.222 e. The van der Waals surface area contributed by atoms with Gasteiger partial charge in [0.15, 0.2) is 0 Å². The van der Waals surface area contributed by atoms with E-state index >= 15 is 0 Å². The Kier molecular flexibility index (Phi) is 5.45. The van der Waals surface area contributed by atoms with Gasteiger partial charge in [-0.2, -0.15) is 5.10 Å². The molecular weight excluding hydrogens is 278 g/mol. The molecule has 124 valence electrons. The third kappa shape index (κ3) is 3.80. The molecule has 1 aliphatic heterocycles. The highest BCUT2D eigenvalue weighted by atomic mass is 16.2. The van der Waals surface area contributed by atoms with Crippen LogP contribution in [-0.2, 0) is 18.4 Å². The van der Waals surface area contributed by atoms with Crippen molar-refractivity contribution in [3.8, 4) is 0 Å². The van der Waals surface area contributed by atoms with E-state index in [2.05, 4.69) is 29.2 Å². The normalized spacial score (nSPS) is 16.4. The number of hydrogen-bond acceptors (Lipinski definition) is 4. The van der Waals surface area contributed by atoms with E-state index in [-0.39, 0.29) is 0 Å². The number of carbonyl (C=O) groups excluding carboxylic acids is 1. The van der Waals surface area contributed by atoms with Gasteiger partial charge in [-0.15, -0.1) is 0 Å². The van der Waals surface area contributed by atoms with Crippen molar-refractivity contribution < 1.29 is 4.79 Å². The molecule has 0 aromatic carbocycles. The largest absolute Gasteiger partial charge is 0.363 e. The zero-order chi connectivity index (χ0) is 16.3. The molecule has 1 aromatic heterocycles. The van der Waals surface area contributed by atoms with Crippen LogP contribution in [0.1, 0.15) is 31.0 Å². The van der Waals surface area contributed by atoms with Crippen LogP contribution in [0.25, 0.3) is 0 Å². The zero-order valence-corrected chi connectivity index (χ0v) is 14.5. The van der Waals surface area contributed by atoms with Crippen molar-refractivity contribution in [3.63, 3.8) is 0 Å². The van der Waals surface area contributed by atoms with Gasteiger partial charge >= 0.3 is 0 Å². The van der Waals surface area contributed by atoms with Crippen LogP contribution in [0.15, 0.2) is 0 Å². The summed E-state index contributed by atoms with van der Waals surface area (Å²) in [4.78, 5) is 15.8. The third-order valence-electron chi connectivity index (χ3n) is 4.23. The Labute approximate surface area is 133 Å². The molecule has 6 heteroatoms. The number of nitrogens with one attached hydrogen (secondary N) is 1. The molecule has 1 saturated heterocycles. The van der Waals surface area contributed by atoms with Crippen LogP contribution >= 0.6 is 0 Å². The fourth-order valence-electron chi connectivity index (χ4n) is 3.24. The summed E-state index contributed by atoms with van der Waals surface area (Å²) in [6, 6.07) is 0. The second kappa shape index (κ2) is 7.13. The maximum absolute atomic E-state index is 11.7. The van der Waals surface area contributed by atoms with Gasteiger partial charge < -0.3 is 15.1 Å². The molecule has 1 amide bonds. The number of amides is 1. The number of rotatable bonds is 7. The number of aryl methyl sites for hydroxylation is 2. The Morgan fingerprint density at radius 2 is 2.14 bits per heavy atom. The fourth-order valence-corrected chi connectivity index (χ4v) is 3.24. The first-order valence-corrected chi connectivity index (χ1v) is 8.08. The maximum Gasteiger partial charge on any atom is 0.222 e. The van der Waals surface area contributed by atoms with E-state index in [1.165, 1.54) is 5.56 Å². The molecule has 0 aliphatic carbocycles. The molecule has 22 heavy (non-hydrogen) atoms. The minimum Gasteiger partial charge on any atom is -0.363 e. The first-order chi connectivity index (χ1) is 10.4. The summed E-state index contributed by atoms with van der Waals surface area (Å²) in [5.41, 5.74) is 2.32. The van der Waals surface area contributed by atoms with Gasteiger partial charge in [-0.05, 0) is 25.8 Å². The van der Waals surface area contributed by atoms with E-state index in [4.69, 9.17) is 0 Å². The van der Waals surface area contributed by atoms with Gasteiger partial charge in [0.25, 0.3) is 0 Å². The van der Waals surface area contributed by atoms with Crippen molar-refractivity contribution in [1.29, 1.82) is 0 Å². The third-order valence-corrected chi connectivity index (χ3v) is 4.23. The van der Waals surface area contributed by atoms with Gasteiger partial charge in [0.2, 0.25) is 5.91 Å². The van der Waals surface area contributed by atoms with Crippen LogP contribution in [0.3, 0.4) is 0 Å². The fraction of sp³-hybridized carbons (Fsp3) is 0.750. The second-order valence-corrected chi connectivity index (χ2v) is 6.58. The molecule has 0 radical (unpaired) electrons. The van der Waals surface area contributed by atoms with Gasteiger partial charge in [-0.1, -0.05) is 6.92 Å². The zero-order valence-electron chi connectivity index (χ0n) is 14.5. The van der Waals surface area contributed by atoms with Crippen LogP contribution in [0.2, 0.25) is 0 Å². The van der Waals surface area contributed by atoms with Crippen molar-refractivity contribution >= 4 is 11.7 Å². The molecular formula is C16H29N5O. The molecule has 2 heterocycles. The maximum atomic E-state index is 11.7. The molecule has 0 saturated carbocycles. The van der Waals surface area contributed by atoms with Gasteiger partial charge in [-0.3, -0.25) is 9.48 Å². The molecule has 0 bridgehead atoms. The predicted octanol–water partition coefficient (Wildman–Crippen LogP) is 1.14. The lowest BCUT2D eigenvalue weighted by Crippen LogP contribution is -2.34. The SMILES string of the molecule is Cc1nn(C)c(N(C)C)c1CNC[C@H](C)CN1CCCC1=O. The lowest BCUT2D eigenvalue weighted by Gasteiger charge is -2.21. The standard InChI is InChI=1S/C16H29N5O/c1-12(11-21-8-6-7-15(21)22)9-17-10-14-13(2)18-20(5)16(14)19(3)4/h12,17H,6-11H2,1-5H3/t12-/m0/s1. The average Bonchev–Trinajstić information content (AvgIpc) is 2.94. The summed E-state index contributed by atoms with van der Waals surface area (Å²) in [7, 11) is 6.07. The summed E-state index contributed by atoms with van der Waals surface area (Å²) >= 11 is 0. The van der Waals surface area contributed by atoms with E-state index in [9.17, 15) is 4.79 Å². The number of carbonyl (C=O) groups is 1.